The van der Waals surface area contributed by atoms with E-state index in [9.17, 15) is 8.42 Å². The van der Waals surface area contributed by atoms with Gasteiger partial charge in [0.2, 0.25) is 10.0 Å². The average molecular weight is 244 g/mol. The van der Waals surface area contributed by atoms with E-state index in [0.29, 0.717) is 31.8 Å². The van der Waals surface area contributed by atoms with Gasteiger partial charge in [0, 0.05) is 25.6 Å². The van der Waals surface area contributed by atoms with Crippen molar-refractivity contribution in [3.8, 4) is 0 Å². The smallest absolute Gasteiger partial charge is 0.214 e. The van der Waals surface area contributed by atoms with E-state index in [-0.39, 0.29) is 12.4 Å². The molecular formula is C8H18ClNO3S. The number of hydrogen-bond donors (Lipinski definition) is 1. The van der Waals surface area contributed by atoms with Crippen molar-refractivity contribution in [1.82, 2.24) is 4.31 Å². The van der Waals surface area contributed by atoms with E-state index in [1.54, 1.807) is 6.92 Å². The molecule has 0 fully saturated rings. The second-order valence-corrected chi connectivity index (χ2v) is 5.39. The number of sulfonamides is 1. The van der Waals surface area contributed by atoms with Gasteiger partial charge in [0.25, 0.3) is 0 Å². The van der Waals surface area contributed by atoms with E-state index in [2.05, 4.69) is 0 Å². The number of halogens is 1. The molecule has 6 heteroatoms. The van der Waals surface area contributed by atoms with E-state index in [0.717, 1.165) is 0 Å². The third-order valence-electron chi connectivity index (χ3n) is 1.85. The molecule has 0 aromatic heterocycles. The molecule has 0 spiro atoms. The molecular weight excluding hydrogens is 226 g/mol. The highest BCUT2D eigenvalue weighted by atomic mass is 35.5. The van der Waals surface area contributed by atoms with Crippen LogP contribution in [-0.2, 0) is 10.0 Å². The van der Waals surface area contributed by atoms with Gasteiger partial charge in [-0.2, -0.15) is 0 Å². The summed E-state index contributed by atoms with van der Waals surface area (Å²) >= 11 is 5.44. The Morgan fingerprint density at radius 3 is 2.43 bits per heavy atom. The molecule has 0 atom stereocenters. The number of aliphatic hydroxyl groups excluding tert-OH is 1. The van der Waals surface area contributed by atoms with Gasteiger partial charge in [0.05, 0.1) is 5.75 Å². The minimum atomic E-state index is -3.17. The number of alkyl halides is 1. The lowest BCUT2D eigenvalue weighted by Gasteiger charge is -2.19. The quantitative estimate of drug-likeness (QED) is 0.637. The van der Waals surface area contributed by atoms with E-state index >= 15 is 0 Å². The Kier molecular flexibility index (Phi) is 7.54. The maximum Gasteiger partial charge on any atom is 0.214 e. The molecule has 0 saturated carbocycles. The summed E-state index contributed by atoms with van der Waals surface area (Å²) in [6, 6.07) is 0. The standard InChI is InChI=1S/C8H18ClNO3S/c1-2-10(6-4-7-11)14(12,13)8-3-5-9/h11H,2-8H2,1H3. The molecule has 0 radical (unpaired) electrons. The molecule has 0 unspecified atom stereocenters. The minimum Gasteiger partial charge on any atom is -0.396 e. The highest BCUT2D eigenvalue weighted by Gasteiger charge is 2.18. The summed E-state index contributed by atoms with van der Waals surface area (Å²) in [7, 11) is -3.17. The van der Waals surface area contributed by atoms with E-state index < -0.39 is 10.0 Å². The van der Waals surface area contributed by atoms with E-state index in [1.165, 1.54) is 4.31 Å². The molecule has 86 valence electrons. The Balaban J connectivity index is 4.19. The molecule has 0 aliphatic heterocycles. The molecule has 0 rings (SSSR count). The first-order valence-corrected chi connectivity index (χ1v) is 6.87. The average Bonchev–Trinajstić information content (AvgIpc) is 2.16. The van der Waals surface area contributed by atoms with Gasteiger partial charge < -0.3 is 5.11 Å². The molecule has 0 saturated heterocycles. The van der Waals surface area contributed by atoms with Crippen LogP contribution in [0.2, 0.25) is 0 Å². The van der Waals surface area contributed by atoms with E-state index in [4.69, 9.17) is 16.7 Å². The Morgan fingerprint density at radius 1 is 1.36 bits per heavy atom. The highest BCUT2D eigenvalue weighted by Crippen LogP contribution is 2.04. The highest BCUT2D eigenvalue weighted by molar-refractivity contribution is 7.89. The number of rotatable bonds is 8. The predicted octanol–water partition coefficient (Wildman–Crippen LogP) is 0.649. The second kappa shape index (κ2) is 7.45. The largest absolute Gasteiger partial charge is 0.396 e. The Labute approximate surface area is 90.9 Å². The van der Waals surface area contributed by atoms with Gasteiger partial charge >= 0.3 is 0 Å². The fourth-order valence-corrected chi connectivity index (χ4v) is 2.97. The molecule has 0 aliphatic rings. The van der Waals surface area contributed by atoms with Crippen LogP contribution >= 0.6 is 11.6 Å². The van der Waals surface area contributed by atoms with Gasteiger partial charge in [0.1, 0.15) is 0 Å². The zero-order valence-corrected chi connectivity index (χ0v) is 10.0. The molecule has 0 aliphatic carbocycles. The van der Waals surface area contributed by atoms with Crippen molar-refractivity contribution in [1.29, 1.82) is 0 Å². The number of nitrogens with zero attached hydrogens (tertiary/aromatic N) is 1. The zero-order valence-electron chi connectivity index (χ0n) is 8.45. The third-order valence-corrected chi connectivity index (χ3v) is 4.15. The van der Waals surface area contributed by atoms with Crippen LogP contribution in [0.1, 0.15) is 19.8 Å². The summed E-state index contributed by atoms with van der Waals surface area (Å²) in [5.74, 6) is 0.451. The van der Waals surface area contributed by atoms with Crippen molar-refractivity contribution in [2.75, 3.05) is 31.3 Å². The summed E-state index contributed by atoms with van der Waals surface area (Å²) in [5.41, 5.74) is 0. The predicted molar refractivity (Wildman–Crippen MR) is 58.1 cm³/mol. The van der Waals surface area contributed by atoms with Crippen molar-refractivity contribution in [2.24, 2.45) is 0 Å². The number of hydrogen-bond acceptors (Lipinski definition) is 3. The summed E-state index contributed by atoms with van der Waals surface area (Å²) in [5, 5.41) is 8.61. The van der Waals surface area contributed by atoms with Crippen LogP contribution in [0.5, 0.6) is 0 Å². The van der Waals surface area contributed by atoms with Gasteiger partial charge in [-0.1, -0.05) is 6.92 Å². The first kappa shape index (κ1) is 14.2. The molecule has 0 bridgehead atoms. The molecule has 4 nitrogen and oxygen atoms in total. The molecule has 0 aromatic rings. The lowest BCUT2D eigenvalue weighted by atomic mass is 10.4. The molecule has 0 amide bonds. The zero-order chi connectivity index (χ0) is 11.0. The normalized spacial score (nSPS) is 12.3. The van der Waals surface area contributed by atoms with Gasteiger partial charge in [-0.15, -0.1) is 11.6 Å². The van der Waals surface area contributed by atoms with Crippen molar-refractivity contribution < 1.29 is 13.5 Å². The first-order chi connectivity index (χ1) is 6.58. The van der Waals surface area contributed by atoms with Gasteiger partial charge in [-0.05, 0) is 12.8 Å². The minimum absolute atomic E-state index is 0.0154. The van der Waals surface area contributed by atoms with Crippen LogP contribution < -0.4 is 0 Å². The van der Waals surface area contributed by atoms with Crippen LogP contribution in [0, 0.1) is 0 Å². The lowest BCUT2D eigenvalue weighted by molar-refractivity contribution is 0.271. The topological polar surface area (TPSA) is 57.6 Å². The fraction of sp³-hybridized carbons (Fsp3) is 1.00. The molecule has 0 aromatic carbocycles. The SMILES string of the molecule is CCN(CCCO)S(=O)(=O)CCCCl. The summed E-state index contributed by atoms with van der Waals surface area (Å²) in [4.78, 5) is 0. The lowest BCUT2D eigenvalue weighted by Crippen LogP contribution is -2.34. The summed E-state index contributed by atoms with van der Waals surface area (Å²) in [6.45, 7) is 2.64. The molecule has 14 heavy (non-hydrogen) atoms. The van der Waals surface area contributed by atoms with Crippen LogP contribution in [0.25, 0.3) is 0 Å². The fourth-order valence-electron chi connectivity index (χ4n) is 1.11. The van der Waals surface area contributed by atoms with Crippen LogP contribution in [0.15, 0.2) is 0 Å². The van der Waals surface area contributed by atoms with E-state index in [1.807, 2.05) is 0 Å². The monoisotopic (exact) mass is 243 g/mol. The van der Waals surface area contributed by atoms with Crippen molar-refractivity contribution in [3.63, 3.8) is 0 Å². The van der Waals surface area contributed by atoms with Gasteiger partial charge in [0.15, 0.2) is 0 Å². The molecule has 0 heterocycles. The van der Waals surface area contributed by atoms with Crippen LogP contribution in [0.3, 0.4) is 0 Å². The molecule has 1 N–H and O–H groups in total. The van der Waals surface area contributed by atoms with Crippen LogP contribution in [0.4, 0.5) is 0 Å². The maximum atomic E-state index is 11.6. The third kappa shape index (κ3) is 5.14. The van der Waals surface area contributed by atoms with Crippen molar-refractivity contribution in [2.45, 2.75) is 19.8 Å². The first-order valence-electron chi connectivity index (χ1n) is 4.73. The Hall–Kier alpha value is 0.160. The second-order valence-electron chi connectivity index (χ2n) is 2.93. The van der Waals surface area contributed by atoms with Crippen LogP contribution in [-0.4, -0.2) is 49.2 Å². The van der Waals surface area contributed by atoms with Crippen molar-refractivity contribution in [3.05, 3.63) is 0 Å². The number of aliphatic hydroxyl groups is 1. The van der Waals surface area contributed by atoms with Crippen molar-refractivity contribution >= 4 is 21.6 Å². The maximum absolute atomic E-state index is 11.6. The Morgan fingerprint density at radius 2 is 2.00 bits per heavy atom. The summed E-state index contributed by atoms with van der Waals surface area (Å²) in [6.07, 6.45) is 0.952. The summed E-state index contributed by atoms with van der Waals surface area (Å²) < 4.78 is 24.6. The Bertz CT molecular complexity index is 231. The van der Waals surface area contributed by atoms with Gasteiger partial charge in [-0.25, -0.2) is 12.7 Å². The van der Waals surface area contributed by atoms with Gasteiger partial charge in [-0.3, -0.25) is 0 Å².